The number of nitrogens with zero attached hydrogens (tertiary/aromatic N) is 3. The topological polar surface area (TPSA) is 84.3 Å². The molecule has 0 aliphatic carbocycles. The number of benzene rings is 1. The molecule has 0 radical (unpaired) electrons. The minimum absolute atomic E-state index is 0.0241. The van der Waals surface area contributed by atoms with Gasteiger partial charge in [-0.3, -0.25) is 14.4 Å². The maximum absolute atomic E-state index is 12.8. The Kier molecular flexibility index (Phi) is 5.17. The highest BCUT2D eigenvalue weighted by Crippen LogP contribution is 2.41. The fourth-order valence-electron chi connectivity index (χ4n) is 4.67. The van der Waals surface area contributed by atoms with Crippen LogP contribution in [0, 0.1) is 6.92 Å². The molecule has 2 amide bonds. The summed E-state index contributed by atoms with van der Waals surface area (Å²) >= 11 is 1.51. The SMILES string of the molecule is Cc1ccc(CNC(=O)c2cn3c(nc2=O)C2(CCN(C(=O)c4ccsc4)C2)CC3)cc1. The molecule has 1 fully saturated rings. The lowest BCUT2D eigenvalue weighted by Gasteiger charge is -2.23. The lowest BCUT2D eigenvalue weighted by molar-refractivity contribution is 0.0783. The molecule has 1 atom stereocenters. The normalized spacial score (nSPS) is 19.3. The van der Waals surface area contributed by atoms with E-state index in [-0.39, 0.29) is 16.9 Å². The van der Waals surface area contributed by atoms with E-state index in [1.54, 1.807) is 6.20 Å². The van der Waals surface area contributed by atoms with Crippen LogP contribution in [0.1, 0.15) is 50.5 Å². The van der Waals surface area contributed by atoms with E-state index in [0.717, 1.165) is 24.0 Å². The highest BCUT2D eigenvalue weighted by Gasteiger charge is 2.47. The van der Waals surface area contributed by atoms with Crippen molar-refractivity contribution in [3.05, 3.63) is 85.7 Å². The number of nitrogens with one attached hydrogen (secondary N) is 1. The Labute approximate surface area is 189 Å². The number of aryl methyl sites for hydroxylation is 2. The van der Waals surface area contributed by atoms with Gasteiger partial charge in [-0.2, -0.15) is 16.3 Å². The van der Waals surface area contributed by atoms with Gasteiger partial charge in [0.25, 0.3) is 17.4 Å². The predicted molar refractivity (Wildman–Crippen MR) is 122 cm³/mol. The van der Waals surface area contributed by atoms with Crippen LogP contribution in [0.15, 0.2) is 52.1 Å². The van der Waals surface area contributed by atoms with Gasteiger partial charge in [-0.25, -0.2) is 0 Å². The number of hydrogen-bond acceptors (Lipinski definition) is 5. The lowest BCUT2D eigenvalue weighted by atomic mass is 9.85. The molecule has 3 aromatic rings. The van der Waals surface area contributed by atoms with E-state index >= 15 is 0 Å². The monoisotopic (exact) mass is 448 g/mol. The molecule has 1 spiro atoms. The number of rotatable bonds is 4. The Bertz CT molecular complexity index is 1230. The zero-order valence-corrected chi connectivity index (χ0v) is 18.7. The van der Waals surface area contributed by atoms with Gasteiger partial charge in [0.05, 0.1) is 5.56 Å². The molecule has 1 saturated heterocycles. The fourth-order valence-corrected chi connectivity index (χ4v) is 5.30. The van der Waals surface area contributed by atoms with Crippen molar-refractivity contribution in [3.63, 3.8) is 0 Å². The van der Waals surface area contributed by atoms with Crippen LogP contribution in [0.4, 0.5) is 0 Å². The van der Waals surface area contributed by atoms with Crippen LogP contribution in [0.25, 0.3) is 0 Å². The summed E-state index contributed by atoms with van der Waals surface area (Å²) < 4.78 is 1.92. The van der Waals surface area contributed by atoms with E-state index in [9.17, 15) is 14.4 Å². The third-order valence-corrected chi connectivity index (χ3v) is 7.21. The van der Waals surface area contributed by atoms with Gasteiger partial charge in [0.15, 0.2) is 0 Å². The Balaban J connectivity index is 1.33. The van der Waals surface area contributed by atoms with E-state index < -0.39 is 11.5 Å². The Morgan fingerprint density at radius 3 is 2.69 bits per heavy atom. The van der Waals surface area contributed by atoms with Crippen molar-refractivity contribution < 1.29 is 9.59 Å². The van der Waals surface area contributed by atoms with E-state index in [4.69, 9.17) is 0 Å². The molecule has 2 aromatic heterocycles. The van der Waals surface area contributed by atoms with Gasteiger partial charge < -0.3 is 14.8 Å². The van der Waals surface area contributed by atoms with E-state index in [0.29, 0.717) is 37.6 Å². The van der Waals surface area contributed by atoms with Crippen LogP contribution in [0.3, 0.4) is 0 Å². The van der Waals surface area contributed by atoms with Crippen LogP contribution in [0.5, 0.6) is 0 Å². The molecular weight excluding hydrogens is 424 g/mol. The molecule has 2 aliphatic heterocycles. The number of thiophene rings is 1. The molecule has 5 rings (SSSR count). The first-order chi connectivity index (χ1) is 15.4. The number of carbonyl (C=O) groups excluding carboxylic acids is 2. The quantitative estimate of drug-likeness (QED) is 0.665. The number of fused-ring (bicyclic) bond motifs is 2. The van der Waals surface area contributed by atoms with Gasteiger partial charge in [-0.1, -0.05) is 29.8 Å². The molecule has 1 aromatic carbocycles. The Morgan fingerprint density at radius 2 is 1.94 bits per heavy atom. The molecule has 8 heteroatoms. The summed E-state index contributed by atoms with van der Waals surface area (Å²) in [5.41, 5.74) is 2.05. The number of amides is 2. The van der Waals surface area contributed by atoms with E-state index in [1.807, 2.05) is 57.5 Å². The minimum Gasteiger partial charge on any atom is -0.348 e. The summed E-state index contributed by atoms with van der Waals surface area (Å²) in [6, 6.07) is 9.72. The number of hydrogen-bond donors (Lipinski definition) is 1. The van der Waals surface area contributed by atoms with Crippen molar-refractivity contribution in [2.75, 3.05) is 13.1 Å². The molecule has 7 nitrogen and oxygen atoms in total. The first-order valence-electron chi connectivity index (χ1n) is 10.7. The molecule has 1 unspecified atom stereocenters. The van der Waals surface area contributed by atoms with Gasteiger partial charge in [0.2, 0.25) is 0 Å². The Morgan fingerprint density at radius 1 is 1.16 bits per heavy atom. The number of carbonyl (C=O) groups is 2. The molecule has 0 saturated carbocycles. The van der Waals surface area contributed by atoms with Gasteiger partial charge in [-0.05, 0) is 36.8 Å². The van der Waals surface area contributed by atoms with Crippen LogP contribution in [-0.4, -0.2) is 39.4 Å². The molecule has 32 heavy (non-hydrogen) atoms. The second-order valence-electron chi connectivity index (χ2n) is 8.66. The van der Waals surface area contributed by atoms with Gasteiger partial charge in [0, 0.05) is 43.2 Å². The maximum Gasteiger partial charge on any atom is 0.285 e. The van der Waals surface area contributed by atoms with Crippen molar-refractivity contribution in [3.8, 4) is 0 Å². The fraction of sp³-hybridized carbons (Fsp3) is 0.333. The summed E-state index contributed by atoms with van der Waals surface area (Å²) in [5, 5.41) is 6.58. The second kappa shape index (κ2) is 8.02. The minimum atomic E-state index is -0.512. The van der Waals surface area contributed by atoms with Crippen molar-refractivity contribution in [2.45, 2.75) is 38.3 Å². The maximum atomic E-state index is 12.8. The van der Waals surface area contributed by atoms with Crippen LogP contribution >= 0.6 is 11.3 Å². The first kappa shape index (κ1) is 20.6. The van der Waals surface area contributed by atoms with Crippen molar-refractivity contribution in [1.29, 1.82) is 0 Å². The summed E-state index contributed by atoms with van der Waals surface area (Å²) in [4.78, 5) is 44.4. The molecule has 164 valence electrons. The third kappa shape index (κ3) is 3.64. The van der Waals surface area contributed by atoms with Crippen LogP contribution in [0.2, 0.25) is 0 Å². The van der Waals surface area contributed by atoms with Gasteiger partial charge >= 0.3 is 0 Å². The Hall–Kier alpha value is -3.26. The zero-order chi connectivity index (χ0) is 22.3. The zero-order valence-electron chi connectivity index (χ0n) is 17.8. The second-order valence-corrected chi connectivity index (χ2v) is 9.44. The summed E-state index contributed by atoms with van der Waals surface area (Å²) in [6.07, 6.45) is 3.21. The van der Waals surface area contributed by atoms with Crippen LogP contribution in [-0.2, 0) is 18.5 Å². The van der Waals surface area contributed by atoms with Crippen molar-refractivity contribution in [1.82, 2.24) is 19.8 Å². The number of likely N-dealkylation sites (tertiary alicyclic amines) is 1. The van der Waals surface area contributed by atoms with E-state index in [2.05, 4.69) is 10.3 Å². The average molecular weight is 449 g/mol. The summed E-state index contributed by atoms with van der Waals surface area (Å²) in [5.74, 6) is 0.300. The number of aromatic nitrogens is 2. The van der Waals surface area contributed by atoms with Crippen molar-refractivity contribution in [2.24, 2.45) is 0 Å². The smallest absolute Gasteiger partial charge is 0.285 e. The largest absolute Gasteiger partial charge is 0.348 e. The third-order valence-electron chi connectivity index (χ3n) is 6.53. The summed E-state index contributed by atoms with van der Waals surface area (Å²) in [7, 11) is 0. The van der Waals surface area contributed by atoms with Crippen molar-refractivity contribution >= 4 is 23.2 Å². The molecule has 0 bridgehead atoms. The van der Waals surface area contributed by atoms with Crippen LogP contribution < -0.4 is 10.9 Å². The first-order valence-corrected chi connectivity index (χ1v) is 11.7. The standard InChI is InChI=1S/C24H24N4O3S/c1-16-2-4-17(5-3-16)12-25-20(29)19-13-27-9-7-24(23(27)26-21(19)30)8-10-28(15-24)22(31)18-6-11-32-14-18/h2-6,11,13-14H,7-10,12,15H2,1H3,(H,25,29). The van der Waals surface area contributed by atoms with Gasteiger partial charge in [0.1, 0.15) is 11.4 Å². The lowest BCUT2D eigenvalue weighted by Crippen LogP contribution is -2.36. The van der Waals surface area contributed by atoms with E-state index in [1.165, 1.54) is 11.3 Å². The molecule has 4 heterocycles. The summed E-state index contributed by atoms with van der Waals surface area (Å²) in [6.45, 7) is 4.23. The molecule has 1 N–H and O–H groups in total. The molecule has 2 aliphatic rings. The highest BCUT2D eigenvalue weighted by molar-refractivity contribution is 7.08. The highest BCUT2D eigenvalue weighted by atomic mass is 32.1. The predicted octanol–water partition coefficient (Wildman–Crippen LogP) is 2.73. The van der Waals surface area contributed by atoms with Gasteiger partial charge in [-0.15, -0.1) is 0 Å². The molecular formula is C24H24N4O3S. The average Bonchev–Trinajstić information content (AvgIpc) is 3.54.